The van der Waals surface area contributed by atoms with Crippen LogP contribution in [0.3, 0.4) is 0 Å². The summed E-state index contributed by atoms with van der Waals surface area (Å²) in [6.45, 7) is 8.03. The van der Waals surface area contributed by atoms with Gasteiger partial charge in [-0.2, -0.15) is 0 Å². The van der Waals surface area contributed by atoms with Crippen LogP contribution in [-0.2, 0) is 5.41 Å². The van der Waals surface area contributed by atoms with E-state index in [0.717, 1.165) is 30.9 Å². The highest BCUT2D eigenvalue weighted by Gasteiger charge is 2.47. The summed E-state index contributed by atoms with van der Waals surface area (Å²) in [5.41, 5.74) is 4.83. The summed E-state index contributed by atoms with van der Waals surface area (Å²) in [4.78, 5) is 40.8. The van der Waals surface area contributed by atoms with Gasteiger partial charge in [-0.25, -0.2) is 14.4 Å². The Bertz CT molecular complexity index is 1430. The largest absolute Gasteiger partial charge is 0.377 e. The first-order chi connectivity index (χ1) is 18.8. The zero-order valence-corrected chi connectivity index (χ0v) is 22.3. The maximum atomic E-state index is 13.7. The van der Waals surface area contributed by atoms with Gasteiger partial charge in [-0.1, -0.05) is 36.4 Å². The van der Waals surface area contributed by atoms with E-state index in [4.69, 9.17) is 0 Å². The fourth-order valence-corrected chi connectivity index (χ4v) is 6.33. The summed E-state index contributed by atoms with van der Waals surface area (Å²) in [7, 11) is 0. The SMILES string of the molecule is Cc1ncnc(C)c1C(=O)N1CC2=CN(CCC3(c4ccccc4)CN(C(=O)c4cccc(F)c4)C3)CC2C1. The number of carbonyl (C=O) groups is 2. The van der Waals surface area contributed by atoms with Gasteiger partial charge in [-0.3, -0.25) is 9.59 Å². The standard InChI is InChI=1S/C31H32FN5O2/c1-21-28(22(2)34-20-33-21)30(39)36-16-24-14-35(15-25(24)17-36)12-11-31(26-8-4-3-5-9-26)18-37(19-31)29(38)23-7-6-10-27(32)13-23/h3-10,13-14,20,25H,11-12,15-19H2,1-2H3. The van der Waals surface area contributed by atoms with E-state index in [9.17, 15) is 14.0 Å². The van der Waals surface area contributed by atoms with Gasteiger partial charge < -0.3 is 14.7 Å². The van der Waals surface area contributed by atoms with Crippen LogP contribution < -0.4 is 0 Å². The molecule has 1 unspecified atom stereocenters. The molecule has 2 aromatic carbocycles. The molecule has 0 aliphatic carbocycles. The van der Waals surface area contributed by atoms with Crippen LogP contribution in [-0.4, -0.2) is 75.8 Å². The molecule has 7 nitrogen and oxygen atoms in total. The van der Waals surface area contributed by atoms with Gasteiger partial charge in [-0.05, 0) is 49.6 Å². The van der Waals surface area contributed by atoms with Gasteiger partial charge in [0.1, 0.15) is 12.1 Å². The van der Waals surface area contributed by atoms with Gasteiger partial charge >= 0.3 is 0 Å². The first kappa shape index (κ1) is 25.2. The highest BCUT2D eigenvalue weighted by atomic mass is 19.1. The molecule has 0 spiro atoms. The first-order valence-electron chi connectivity index (χ1n) is 13.5. The minimum absolute atomic E-state index is 0.00741. The van der Waals surface area contributed by atoms with Crippen LogP contribution >= 0.6 is 0 Å². The molecule has 6 rings (SSSR count). The number of aryl methyl sites for hydroxylation is 2. The van der Waals surface area contributed by atoms with Gasteiger partial charge in [0, 0.05) is 62.4 Å². The first-order valence-corrected chi connectivity index (χ1v) is 13.5. The van der Waals surface area contributed by atoms with Gasteiger partial charge in [0.05, 0.1) is 17.0 Å². The Morgan fingerprint density at radius 3 is 2.38 bits per heavy atom. The molecule has 0 N–H and O–H groups in total. The predicted molar refractivity (Wildman–Crippen MR) is 146 cm³/mol. The predicted octanol–water partition coefficient (Wildman–Crippen LogP) is 3.99. The van der Waals surface area contributed by atoms with E-state index < -0.39 is 5.82 Å². The molecule has 0 radical (unpaired) electrons. The lowest BCUT2D eigenvalue weighted by Gasteiger charge is -2.51. The van der Waals surface area contributed by atoms with Crippen LogP contribution in [0.2, 0.25) is 0 Å². The van der Waals surface area contributed by atoms with E-state index in [-0.39, 0.29) is 17.2 Å². The molecule has 1 atom stereocenters. The van der Waals surface area contributed by atoms with Crippen molar-refractivity contribution in [2.45, 2.75) is 25.7 Å². The number of hydrogen-bond acceptors (Lipinski definition) is 5. The second-order valence-corrected chi connectivity index (χ2v) is 11.1. The molecule has 4 heterocycles. The van der Waals surface area contributed by atoms with Crippen LogP contribution in [0.25, 0.3) is 0 Å². The number of hydrogen-bond donors (Lipinski definition) is 0. The van der Waals surface area contributed by atoms with Crippen molar-refractivity contribution in [2.24, 2.45) is 5.92 Å². The molecule has 0 bridgehead atoms. The number of nitrogens with zero attached hydrogens (tertiary/aromatic N) is 5. The third-order valence-corrected chi connectivity index (χ3v) is 8.48. The monoisotopic (exact) mass is 525 g/mol. The Hall–Kier alpha value is -4.07. The van der Waals surface area contributed by atoms with Crippen LogP contribution in [0.5, 0.6) is 0 Å². The number of likely N-dealkylation sites (tertiary alicyclic amines) is 2. The number of rotatable bonds is 6. The van der Waals surface area contributed by atoms with E-state index in [1.54, 1.807) is 12.1 Å². The van der Waals surface area contributed by atoms with Crippen molar-refractivity contribution < 1.29 is 14.0 Å². The van der Waals surface area contributed by atoms with Crippen LogP contribution in [0, 0.1) is 25.6 Å². The van der Waals surface area contributed by atoms with E-state index in [1.807, 2.05) is 41.8 Å². The van der Waals surface area contributed by atoms with Crippen molar-refractivity contribution in [1.29, 1.82) is 0 Å². The molecule has 3 aromatic rings. The van der Waals surface area contributed by atoms with Gasteiger partial charge in [-0.15, -0.1) is 0 Å². The number of halogens is 1. The number of carbonyl (C=O) groups excluding carboxylic acids is 2. The van der Waals surface area contributed by atoms with Crippen LogP contribution in [0.1, 0.15) is 44.1 Å². The summed E-state index contributed by atoms with van der Waals surface area (Å²) in [5, 5.41) is 0. The third-order valence-electron chi connectivity index (χ3n) is 8.48. The Balaban J connectivity index is 1.11. The molecule has 39 heavy (non-hydrogen) atoms. The highest BCUT2D eigenvalue weighted by Crippen LogP contribution is 2.40. The smallest absolute Gasteiger partial charge is 0.257 e. The lowest BCUT2D eigenvalue weighted by molar-refractivity contribution is 0.0340. The van der Waals surface area contributed by atoms with Gasteiger partial charge in [0.2, 0.25) is 0 Å². The summed E-state index contributed by atoms with van der Waals surface area (Å²) in [5.74, 6) is -0.184. The van der Waals surface area contributed by atoms with Crippen LogP contribution in [0.15, 0.2) is 72.7 Å². The Labute approximate surface area is 228 Å². The molecule has 3 aliphatic rings. The third kappa shape index (κ3) is 4.68. The summed E-state index contributed by atoms with van der Waals surface area (Å²) >= 11 is 0. The van der Waals surface area contributed by atoms with E-state index in [2.05, 4.69) is 33.2 Å². The summed E-state index contributed by atoms with van der Waals surface area (Å²) in [6, 6.07) is 16.3. The maximum absolute atomic E-state index is 13.7. The zero-order chi connectivity index (χ0) is 27.1. The van der Waals surface area contributed by atoms with Gasteiger partial charge in [0.15, 0.2) is 0 Å². The van der Waals surface area contributed by atoms with Crippen LogP contribution in [0.4, 0.5) is 4.39 Å². The van der Waals surface area contributed by atoms with Crippen molar-refractivity contribution in [3.63, 3.8) is 0 Å². The average Bonchev–Trinajstić information content (AvgIpc) is 3.47. The normalized spacial score (nSPS) is 19.5. The summed E-state index contributed by atoms with van der Waals surface area (Å²) in [6.07, 6.45) is 4.64. The Morgan fingerprint density at radius 1 is 0.949 bits per heavy atom. The lowest BCUT2D eigenvalue weighted by Crippen LogP contribution is -2.61. The van der Waals surface area contributed by atoms with Crippen molar-refractivity contribution in [3.8, 4) is 0 Å². The molecule has 1 aromatic heterocycles. The second-order valence-electron chi connectivity index (χ2n) is 11.1. The number of amides is 2. The molecule has 2 fully saturated rings. The number of aromatic nitrogens is 2. The fraction of sp³-hybridized carbons (Fsp3) is 0.355. The molecule has 3 aliphatic heterocycles. The zero-order valence-electron chi connectivity index (χ0n) is 22.3. The summed E-state index contributed by atoms with van der Waals surface area (Å²) < 4.78 is 13.7. The molecule has 2 saturated heterocycles. The lowest BCUT2D eigenvalue weighted by atomic mass is 9.71. The molecule has 2 amide bonds. The topological polar surface area (TPSA) is 69.6 Å². The Kier molecular flexibility index (Phi) is 6.41. The highest BCUT2D eigenvalue weighted by molar-refractivity contribution is 5.96. The maximum Gasteiger partial charge on any atom is 0.257 e. The van der Waals surface area contributed by atoms with Gasteiger partial charge in [0.25, 0.3) is 11.8 Å². The number of fused-ring (bicyclic) bond motifs is 1. The number of benzene rings is 2. The second kappa shape index (κ2) is 9.91. The molecular formula is C31H32FN5O2. The fourth-order valence-electron chi connectivity index (χ4n) is 6.33. The minimum Gasteiger partial charge on any atom is -0.377 e. The minimum atomic E-state index is -0.397. The quantitative estimate of drug-likeness (QED) is 0.487. The van der Waals surface area contributed by atoms with E-state index in [0.29, 0.717) is 43.2 Å². The molecule has 200 valence electrons. The van der Waals surface area contributed by atoms with Crippen molar-refractivity contribution in [2.75, 3.05) is 39.3 Å². The van der Waals surface area contributed by atoms with Crippen molar-refractivity contribution in [3.05, 3.63) is 107 Å². The average molecular weight is 526 g/mol. The van der Waals surface area contributed by atoms with Crippen molar-refractivity contribution in [1.82, 2.24) is 24.7 Å². The Morgan fingerprint density at radius 2 is 1.69 bits per heavy atom. The molecular weight excluding hydrogens is 493 g/mol. The van der Waals surface area contributed by atoms with E-state index in [1.165, 1.54) is 29.6 Å². The molecule has 8 heteroatoms. The van der Waals surface area contributed by atoms with Crippen molar-refractivity contribution >= 4 is 11.8 Å². The van der Waals surface area contributed by atoms with E-state index >= 15 is 0 Å². The molecule has 0 saturated carbocycles.